The van der Waals surface area contributed by atoms with Crippen molar-refractivity contribution in [2.24, 2.45) is 0 Å². The van der Waals surface area contributed by atoms with Crippen molar-refractivity contribution in [2.75, 3.05) is 13.1 Å². The zero-order valence-corrected chi connectivity index (χ0v) is 13.4. The SMILES string of the molecule is Cc1nonc1CC(=O)N1CCC[C@H](c2nc3ccccc3o2)C1. The topological polar surface area (TPSA) is 85.3 Å². The Balaban J connectivity index is 1.49. The van der Waals surface area contributed by atoms with Crippen molar-refractivity contribution in [3.05, 3.63) is 41.5 Å². The van der Waals surface area contributed by atoms with E-state index in [1.807, 2.05) is 29.2 Å². The number of para-hydroxylation sites is 2. The van der Waals surface area contributed by atoms with Crippen LogP contribution in [0.15, 0.2) is 33.3 Å². The predicted molar refractivity (Wildman–Crippen MR) is 85.3 cm³/mol. The highest BCUT2D eigenvalue weighted by Crippen LogP contribution is 2.29. The van der Waals surface area contributed by atoms with Gasteiger partial charge in [-0.3, -0.25) is 4.79 Å². The van der Waals surface area contributed by atoms with E-state index in [2.05, 4.69) is 19.9 Å². The van der Waals surface area contributed by atoms with Crippen LogP contribution in [0.2, 0.25) is 0 Å². The van der Waals surface area contributed by atoms with E-state index in [0.717, 1.165) is 30.5 Å². The van der Waals surface area contributed by atoms with E-state index < -0.39 is 0 Å². The molecule has 1 aliphatic heterocycles. The molecule has 0 bridgehead atoms. The summed E-state index contributed by atoms with van der Waals surface area (Å²) in [6.07, 6.45) is 2.13. The van der Waals surface area contributed by atoms with E-state index in [1.54, 1.807) is 6.92 Å². The maximum atomic E-state index is 12.5. The Hall–Kier alpha value is -2.70. The summed E-state index contributed by atoms with van der Waals surface area (Å²) in [5.41, 5.74) is 2.92. The van der Waals surface area contributed by atoms with Gasteiger partial charge in [-0.05, 0) is 31.9 Å². The number of amides is 1. The molecule has 0 aliphatic carbocycles. The number of likely N-dealkylation sites (tertiary alicyclic amines) is 1. The number of aryl methyl sites for hydroxylation is 1. The average molecular weight is 326 g/mol. The first-order chi connectivity index (χ1) is 11.7. The van der Waals surface area contributed by atoms with Crippen LogP contribution in [0.4, 0.5) is 0 Å². The molecule has 24 heavy (non-hydrogen) atoms. The minimum absolute atomic E-state index is 0.0367. The molecule has 0 unspecified atom stereocenters. The van der Waals surface area contributed by atoms with E-state index in [-0.39, 0.29) is 18.2 Å². The van der Waals surface area contributed by atoms with Gasteiger partial charge in [0, 0.05) is 13.1 Å². The fourth-order valence-electron chi connectivity index (χ4n) is 3.13. The van der Waals surface area contributed by atoms with Gasteiger partial charge in [0.1, 0.15) is 16.9 Å². The molecule has 0 saturated carbocycles. The van der Waals surface area contributed by atoms with Gasteiger partial charge >= 0.3 is 0 Å². The fraction of sp³-hybridized carbons (Fsp3) is 0.412. The van der Waals surface area contributed by atoms with E-state index in [4.69, 9.17) is 4.42 Å². The molecule has 4 rings (SSSR count). The highest BCUT2D eigenvalue weighted by Gasteiger charge is 2.28. The predicted octanol–water partition coefficient (Wildman–Crippen LogP) is 2.47. The van der Waals surface area contributed by atoms with Crippen molar-refractivity contribution in [1.29, 1.82) is 0 Å². The molecule has 124 valence electrons. The Bertz CT molecular complexity index is 836. The first kappa shape index (κ1) is 14.9. The van der Waals surface area contributed by atoms with Crippen LogP contribution in [0.3, 0.4) is 0 Å². The molecule has 1 saturated heterocycles. The van der Waals surface area contributed by atoms with Gasteiger partial charge in [0.2, 0.25) is 5.91 Å². The van der Waals surface area contributed by atoms with Gasteiger partial charge in [-0.25, -0.2) is 9.61 Å². The number of rotatable bonds is 3. The molecule has 0 radical (unpaired) electrons. The molecule has 2 aromatic heterocycles. The second-order valence-corrected chi connectivity index (χ2v) is 6.17. The normalized spacial score (nSPS) is 18.2. The summed E-state index contributed by atoms with van der Waals surface area (Å²) in [5, 5.41) is 7.51. The lowest BCUT2D eigenvalue weighted by molar-refractivity contribution is -0.131. The number of hydrogen-bond donors (Lipinski definition) is 0. The van der Waals surface area contributed by atoms with Crippen molar-refractivity contribution in [3.63, 3.8) is 0 Å². The monoisotopic (exact) mass is 326 g/mol. The Labute approximate surface area is 138 Å². The lowest BCUT2D eigenvalue weighted by Gasteiger charge is -2.31. The van der Waals surface area contributed by atoms with Gasteiger partial charge in [0.25, 0.3) is 0 Å². The van der Waals surface area contributed by atoms with Crippen molar-refractivity contribution < 1.29 is 13.8 Å². The highest BCUT2D eigenvalue weighted by atomic mass is 16.6. The molecule has 7 heteroatoms. The molecule has 3 aromatic rings. The third-order valence-electron chi connectivity index (χ3n) is 4.50. The number of carbonyl (C=O) groups is 1. The molecule has 1 aliphatic rings. The number of benzene rings is 1. The van der Waals surface area contributed by atoms with Crippen LogP contribution < -0.4 is 0 Å². The van der Waals surface area contributed by atoms with Crippen LogP contribution in [0.1, 0.15) is 36.0 Å². The lowest BCUT2D eigenvalue weighted by Crippen LogP contribution is -2.40. The largest absolute Gasteiger partial charge is 0.440 e. The maximum absolute atomic E-state index is 12.5. The van der Waals surface area contributed by atoms with Gasteiger partial charge in [0.15, 0.2) is 11.5 Å². The molecular formula is C17H18N4O3. The summed E-state index contributed by atoms with van der Waals surface area (Å²) >= 11 is 0. The van der Waals surface area contributed by atoms with Crippen molar-refractivity contribution in [1.82, 2.24) is 20.2 Å². The number of carbonyl (C=O) groups excluding carboxylic acids is 1. The molecule has 1 aromatic carbocycles. The number of piperidine rings is 1. The Morgan fingerprint density at radius 2 is 2.21 bits per heavy atom. The number of oxazole rings is 1. The van der Waals surface area contributed by atoms with E-state index in [1.165, 1.54) is 0 Å². The Morgan fingerprint density at radius 1 is 1.33 bits per heavy atom. The zero-order chi connectivity index (χ0) is 16.5. The summed E-state index contributed by atoms with van der Waals surface area (Å²) in [6, 6.07) is 7.73. The first-order valence-electron chi connectivity index (χ1n) is 8.12. The molecule has 1 atom stereocenters. The average Bonchev–Trinajstić information content (AvgIpc) is 3.21. The van der Waals surface area contributed by atoms with Crippen molar-refractivity contribution >= 4 is 17.0 Å². The summed E-state index contributed by atoms with van der Waals surface area (Å²) in [4.78, 5) is 19.0. The van der Waals surface area contributed by atoms with Gasteiger partial charge < -0.3 is 9.32 Å². The van der Waals surface area contributed by atoms with Gasteiger partial charge in [-0.1, -0.05) is 22.4 Å². The summed E-state index contributed by atoms with van der Waals surface area (Å²) in [6.45, 7) is 3.16. The standard InChI is InChI=1S/C17H18N4O3/c1-11-14(20-24-19-11)9-16(22)21-8-4-5-12(10-21)17-18-13-6-2-3-7-15(13)23-17/h2-3,6-7,12H,4-5,8-10H2,1H3/t12-/m0/s1. The molecule has 0 spiro atoms. The molecular weight excluding hydrogens is 308 g/mol. The Morgan fingerprint density at radius 3 is 3.00 bits per heavy atom. The van der Waals surface area contributed by atoms with E-state index in [9.17, 15) is 4.79 Å². The van der Waals surface area contributed by atoms with Crippen LogP contribution in [0.5, 0.6) is 0 Å². The minimum atomic E-state index is 0.0367. The number of fused-ring (bicyclic) bond motifs is 1. The summed E-state index contributed by atoms with van der Waals surface area (Å²) in [7, 11) is 0. The number of aromatic nitrogens is 3. The van der Waals surface area contributed by atoms with Gasteiger partial charge in [-0.15, -0.1) is 0 Å². The summed E-state index contributed by atoms with van der Waals surface area (Å²) < 4.78 is 10.5. The molecule has 3 heterocycles. The third-order valence-corrected chi connectivity index (χ3v) is 4.50. The molecule has 7 nitrogen and oxygen atoms in total. The summed E-state index contributed by atoms with van der Waals surface area (Å²) in [5.74, 6) is 0.884. The fourth-order valence-corrected chi connectivity index (χ4v) is 3.13. The molecule has 0 N–H and O–H groups in total. The minimum Gasteiger partial charge on any atom is -0.440 e. The highest BCUT2D eigenvalue weighted by molar-refractivity contribution is 5.78. The van der Waals surface area contributed by atoms with Gasteiger partial charge in [0.05, 0.1) is 12.3 Å². The van der Waals surface area contributed by atoms with Crippen LogP contribution in [-0.2, 0) is 11.2 Å². The second-order valence-electron chi connectivity index (χ2n) is 6.17. The van der Waals surface area contributed by atoms with Gasteiger partial charge in [-0.2, -0.15) is 0 Å². The molecule has 1 amide bonds. The number of nitrogens with zero attached hydrogens (tertiary/aromatic N) is 4. The quantitative estimate of drug-likeness (QED) is 0.735. The van der Waals surface area contributed by atoms with Crippen LogP contribution >= 0.6 is 0 Å². The smallest absolute Gasteiger partial charge is 0.228 e. The molecule has 1 fully saturated rings. The van der Waals surface area contributed by atoms with E-state index in [0.29, 0.717) is 23.8 Å². The van der Waals surface area contributed by atoms with Crippen LogP contribution in [0, 0.1) is 6.92 Å². The Kier molecular flexibility index (Phi) is 3.76. The van der Waals surface area contributed by atoms with Crippen molar-refractivity contribution in [2.45, 2.75) is 32.1 Å². The van der Waals surface area contributed by atoms with E-state index >= 15 is 0 Å². The maximum Gasteiger partial charge on any atom is 0.228 e. The second kappa shape index (κ2) is 6.07. The number of hydrogen-bond acceptors (Lipinski definition) is 6. The van der Waals surface area contributed by atoms with Crippen molar-refractivity contribution in [3.8, 4) is 0 Å². The third kappa shape index (κ3) is 2.77. The zero-order valence-electron chi connectivity index (χ0n) is 13.4. The van der Waals surface area contributed by atoms with Crippen LogP contribution in [0.25, 0.3) is 11.1 Å². The lowest BCUT2D eigenvalue weighted by atomic mass is 9.97. The first-order valence-corrected chi connectivity index (χ1v) is 8.12. The van der Waals surface area contributed by atoms with Crippen LogP contribution in [-0.4, -0.2) is 39.2 Å².